The molecule has 57 heavy (non-hydrogen) atoms. The Bertz CT molecular complexity index is 969. The number of carbonyl (C=O) groups excluding carboxylic acids is 3. The molecular formula is C51H92O6. The first-order valence-corrected chi connectivity index (χ1v) is 24.5. The first-order chi connectivity index (χ1) is 28.0. The van der Waals surface area contributed by atoms with Gasteiger partial charge in [0.25, 0.3) is 0 Å². The summed E-state index contributed by atoms with van der Waals surface area (Å²) in [5, 5.41) is 0. The summed E-state index contributed by atoms with van der Waals surface area (Å²) in [4.78, 5) is 37.8. The molecule has 0 radical (unpaired) electrons. The number of allylic oxidation sites excluding steroid dienone is 6. The average Bonchev–Trinajstić information content (AvgIpc) is 3.21. The number of hydrogen-bond donors (Lipinski definition) is 0. The van der Waals surface area contributed by atoms with Crippen LogP contribution in [0.1, 0.15) is 252 Å². The fourth-order valence-electron chi connectivity index (χ4n) is 6.88. The molecule has 0 unspecified atom stereocenters. The van der Waals surface area contributed by atoms with Gasteiger partial charge in [-0.2, -0.15) is 0 Å². The van der Waals surface area contributed by atoms with Crippen LogP contribution in [0.2, 0.25) is 0 Å². The van der Waals surface area contributed by atoms with Crippen molar-refractivity contribution in [2.24, 2.45) is 0 Å². The van der Waals surface area contributed by atoms with Crippen molar-refractivity contribution < 1.29 is 28.6 Å². The van der Waals surface area contributed by atoms with E-state index in [1.165, 1.54) is 122 Å². The highest BCUT2D eigenvalue weighted by Gasteiger charge is 2.19. The van der Waals surface area contributed by atoms with Crippen LogP contribution >= 0.6 is 0 Å². The first kappa shape index (κ1) is 54.6. The third-order valence-corrected chi connectivity index (χ3v) is 10.6. The van der Waals surface area contributed by atoms with Gasteiger partial charge >= 0.3 is 17.9 Å². The fraction of sp³-hybridized carbons (Fsp3) is 0.824. The van der Waals surface area contributed by atoms with E-state index in [0.717, 1.165) is 89.9 Å². The molecule has 0 saturated heterocycles. The Morgan fingerprint density at radius 1 is 0.351 bits per heavy atom. The lowest BCUT2D eigenvalue weighted by Crippen LogP contribution is -2.30. The molecule has 0 aromatic heterocycles. The predicted octanol–water partition coefficient (Wildman–Crippen LogP) is 15.8. The second kappa shape index (κ2) is 46.3. The van der Waals surface area contributed by atoms with Crippen LogP contribution in [-0.4, -0.2) is 37.2 Å². The van der Waals surface area contributed by atoms with Crippen LogP contribution in [0.5, 0.6) is 0 Å². The molecule has 0 bridgehead atoms. The molecule has 0 heterocycles. The van der Waals surface area contributed by atoms with E-state index >= 15 is 0 Å². The van der Waals surface area contributed by atoms with Gasteiger partial charge in [-0.05, 0) is 77.0 Å². The number of ether oxygens (including phenoxy) is 3. The summed E-state index contributed by atoms with van der Waals surface area (Å²) in [6, 6.07) is 0. The molecule has 0 aliphatic rings. The van der Waals surface area contributed by atoms with Gasteiger partial charge in [0.1, 0.15) is 13.2 Å². The molecular weight excluding hydrogens is 709 g/mol. The van der Waals surface area contributed by atoms with Crippen LogP contribution in [0.25, 0.3) is 0 Å². The third kappa shape index (κ3) is 44.6. The van der Waals surface area contributed by atoms with E-state index in [1.807, 2.05) is 0 Å². The van der Waals surface area contributed by atoms with Crippen molar-refractivity contribution in [3.05, 3.63) is 36.5 Å². The highest BCUT2D eigenvalue weighted by molar-refractivity contribution is 5.71. The molecule has 0 aromatic carbocycles. The molecule has 6 heteroatoms. The van der Waals surface area contributed by atoms with Crippen LogP contribution in [0.15, 0.2) is 36.5 Å². The van der Waals surface area contributed by atoms with Gasteiger partial charge < -0.3 is 14.2 Å². The van der Waals surface area contributed by atoms with Crippen molar-refractivity contribution in [3.8, 4) is 0 Å². The second-order valence-corrected chi connectivity index (χ2v) is 16.4. The minimum absolute atomic E-state index is 0.0776. The average molecular weight is 801 g/mol. The summed E-state index contributed by atoms with van der Waals surface area (Å²) in [6.07, 6.45) is 52.6. The van der Waals surface area contributed by atoms with Crippen LogP contribution in [0.4, 0.5) is 0 Å². The smallest absolute Gasteiger partial charge is 0.306 e. The Labute approximate surface area is 353 Å². The molecule has 0 aliphatic heterocycles. The molecule has 0 aromatic rings. The quantitative estimate of drug-likeness (QED) is 0.0264. The molecule has 0 fully saturated rings. The van der Waals surface area contributed by atoms with Crippen molar-refractivity contribution >= 4 is 17.9 Å². The standard InChI is InChI=1S/C51H92O6/c1-4-7-10-13-16-19-22-25-26-27-30-32-35-38-41-44-50(53)56-47-48(57-51(54)45-42-39-36-33-29-24-21-18-15-12-9-6-3)46-55-49(52)43-40-37-34-31-28-23-20-17-14-11-8-5-2/h16,18-19,21,25-26,48H,4-15,17,20,22-24,27-47H2,1-3H3/b19-16-,21-18-,26-25-/t48-/m1/s1. The van der Waals surface area contributed by atoms with Gasteiger partial charge in [-0.3, -0.25) is 14.4 Å². The van der Waals surface area contributed by atoms with Gasteiger partial charge in [0.05, 0.1) is 0 Å². The van der Waals surface area contributed by atoms with Crippen molar-refractivity contribution in [2.75, 3.05) is 13.2 Å². The topological polar surface area (TPSA) is 78.9 Å². The molecule has 332 valence electrons. The molecule has 0 rings (SSSR count). The van der Waals surface area contributed by atoms with Crippen LogP contribution in [-0.2, 0) is 28.6 Å². The zero-order valence-electron chi connectivity index (χ0n) is 37.9. The molecule has 0 saturated carbocycles. The summed E-state index contributed by atoms with van der Waals surface area (Å²) in [5.41, 5.74) is 0. The Kier molecular flexibility index (Phi) is 44.4. The lowest BCUT2D eigenvalue weighted by Gasteiger charge is -2.18. The summed E-state index contributed by atoms with van der Waals surface area (Å²) in [6.45, 7) is 6.57. The number of rotatable bonds is 44. The van der Waals surface area contributed by atoms with Crippen molar-refractivity contribution in [3.63, 3.8) is 0 Å². The maximum atomic E-state index is 12.7. The maximum absolute atomic E-state index is 12.7. The van der Waals surface area contributed by atoms with Crippen molar-refractivity contribution in [1.82, 2.24) is 0 Å². The largest absolute Gasteiger partial charge is 0.462 e. The second-order valence-electron chi connectivity index (χ2n) is 16.4. The zero-order valence-corrected chi connectivity index (χ0v) is 37.9. The van der Waals surface area contributed by atoms with E-state index in [-0.39, 0.29) is 31.1 Å². The van der Waals surface area contributed by atoms with Gasteiger partial charge in [0.2, 0.25) is 0 Å². The normalized spacial score (nSPS) is 12.3. The Morgan fingerprint density at radius 2 is 0.632 bits per heavy atom. The number of hydrogen-bond acceptors (Lipinski definition) is 6. The zero-order chi connectivity index (χ0) is 41.5. The molecule has 0 aliphatic carbocycles. The van der Waals surface area contributed by atoms with Crippen molar-refractivity contribution in [2.45, 2.75) is 258 Å². The minimum atomic E-state index is -0.777. The molecule has 0 N–H and O–H groups in total. The SMILES string of the molecule is CCCCC/C=C\C/C=C\CCCCCCCC(=O)OC[C@@H](COC(=O)CCCCCCCCCCCCCC)OC(=O)CCCCCCC/C=C\CCCCC. The number of carbonyl (C=O) groups is 3. The monoisotopic (exact) mass is 801 g/mol. The van der Waals surface area contributed by atoms with Crippen LogP contribution < -0.4 is 0 Å². The Morgan fingerprint density at radius 3 is 1.02 bits per heavy atom. The lowest BCUT2D eigenvalue weighted by molar-refractivity contribution is -0.167. The fourth-order valence-corrected chi connectivity index (χ4v) is 6.88. The predicted molar refractivity (Wildman–Crippen MR) is 242 cm³/mol. The molecule has 1 atom stereocenters. The molecule has 6 nitrogen and oxygen atoms in total. The first-order valence-electron chi connectivity index (χ1n) is 24.5. The van der Waals surface area contributed by atoms with Crippen LogP contribution in [0, 0.1) is 0 Å². The summed E-state index contributed by atoms with van der Waals surface area (Å²) in [7, 11) is 0. The number of esters is 3. The maximum Gasteiger partial charge on any atom is 0.306 e. The highest BCUT2D eigenvalue weighted by Crippen LogP contribution is 2.14. The van der Waals surface area contributed by atoms with E-state index in [4.69, 9.17) is 14.2 Å². The summed E-state index contributed by atoms with van der Waals surface area (Å²) < 4.78 is 16.7. The van der Waals surface area contributed by atoms with E-state index in [2.05, 4.69) is 57.2 Å². The highest BCUT2D eigenvalue weighted by atomic mass is 16.6. The van der Waals surface area contributed by atoms with Gasteiger partial charge in [-0.25, -0.2) is 0 Å². The Hall–Kier alpha value is -2.37. The molecule has 0 amide bonds. The van der Waals surface area contributed by atoms with E-state index < -0.39 is 6.10 Å². The third-order valence-electron chi connectivity index (χ3n) is 10.6. The van der Waals surface area contributed by atoms with Crippen LogP contribution in [0.3, 0.4) is 0 Å². The van der Waals surface area contributed by atoms with Crippen molar-refractivity contribution in [1.29, 1.82) is 0 Å². The van der Waals surface area contributed by atoms with E-state index in [9.17, 15) is 14.4 Å². The van der Waals surface area contributed by atoms with E-state index in [1.54, 1.807) is 0 Å². The lowest BCUT2D eigenvalue weighted by atomic mass is 10.0. The summed E-state index contributed by atoms with van der Waals surface area (Å²) in [5.74, 6) is -0.896. The Balaban J connectivity index is 4.38. The number of unbranched alkanes of at least 4 members (excludes halogenated alkanes) is 27. The van der Waals surface area contributed by atoms with Gasteiger partial charge in [0.15, 0.2) is 6.10 Å². The van der Waals surface area contributed by atoms with Gasteiger partial charge in [-0.15, -0.1) is 0 Å². The molecule has 0 spiro atoms. The van der Waals surface area contributed by atoms with E-state index in [0.29, 0.717) is 19.3 Å². The van der Waals surface area contributed by atoms with Gasteiger partial charge in [-0.1, -0.05) is 192 Å². The van der Waals surface area contributed by atoms with Gasteiger partial charge in [0, 0.05) is 19.3 Å². The summed E-state index contributed by atoms with van der Waals surface area (Å²) >= 11 is 0. The minimum Gasteiger partial charge on any atom is -0.462 e.